The van der Waals surface area contributed by atoms with E-state index in [2.05, 4.69) is 5.32 Å². The minimum atomic E-state index is -1.34. The molecule has 2 aromatic rings. The van der Waals surface area contributed by atoms with Crippen LogP contribution in [0.1, 0.15) is 28.9 Å². The van der Waals surface area contributed by atoms with Crippen molar-refractivity contribution in [1.82, 2.24) is 0 Å². The molecule has 1 unspecified atom stereocenters. The Kier molecular flexibility index (Phi) is 3.98. The zero-order valence-corrected chi connectivity index (χ0v) is 10.7. The van der Waals surface area contributed by atoms with Crippen LogP contribution in [0, 0.1) is 11.6 Å². The fourth-order valence-corrected chi connectivity index (χ4v) is 1.93. The molecule has 0 saturated heterocycles. The van der Waals surface area contributed by atoms with Gasteiger partial charge in [-0.15, -0.1) is 0 Å². The highest BCUT2D eigenvalue weighted by Gasteiger charge is 2.14. The largest absolute Gasteiger partial charge is 0.478 e. The first-order valence-corrected chi connectivity index (χ1v) is 6.03. The molecule has 0 saturated carbocycles. The van der Waals surface area contributed by atoms with E-state index in [0.29, 0.717) is 11.3 Å². The van der Waals surface area contributed by atoms with Crippen LogP contribution in [0.15, 0.2) is 42.5 Å². The molecule has 0 heterocycles. The van der Waals surface area contributed by atoms with Crippen molar-refractivity contribution in [1.29, 1.82) is 0 Å². The summed E-state index contributed by atoms with van der Waals surface area (Å²) in [7, 11) is 0. The van der Waals surface area contributed by atoms with Crippen LogP contribution in [0.4, 0.5) is 14.5 Å². The number of aromatic carboxylic acids is 1. The van der Waals surface area contributed by atoms with E-state index < -0.39 is 17.3 Å². The molecule has 0 fully saturated rings. The summed E-state index contributed by atoms with van der Waals surface area (Å²) >= 11 is 0. The summed E-state index contributed by atoms with van der Waals surface area (Å²) in [5.74, 6) is -2.50. The van der Waals surface area contributed by atoms with Crippen molar-refractivity contribution < 1.29 is 18.7 Å². The molecule has 20 heavy (non-hydrogen) atoms. The number of carboxylic acid groups (broad SMARTS) is 1. The molecule has 2 rings (SSSR count). The van der Waals surface area contributed by atoms with Crippen LogP contribution in [0.5, 0.6) is 0 Å². The van der Waals surface area contributed by atoms with Gasteiger partial charge in [-0.1, -0.05) is 18.2 Å². The number of carbonyl (C=O) groups is 1. The molecule has 0 bridgehead atoms. The van der Waals surface area contributed by atoms with Crippen LogP contribution in [0.3, 0.4) is 0 Å². The maximum absolute atomic E-state index is 13.6. The lowest BCUT2D eigenvalue weighted by atomic mass is 10.1. The molecule has 3 nitrogen and oxygen atoms in total. The summed E-state index contributed by atoms with van der Waals surface area (Å²) in [5.41, 5.74) is 0.448. The topological polar surface area (TPSA) is 49.3 Å². The van der Waals surface area contributed by atoms with E-state index in [1.807, 2.05) is 0 Å². The maximum Gasteiger partial charge on any atom is 0.338 e. The highest BCUT2D eigenvalue weighted by atomic mass is 19.1. The van der Waals surface area contributed by atoms with Crippen LogP contribution >= 0.6 is 0 Å². The number of anilines is 1. The van der Waals surface area contributed by atoms with Gasteiger partial charge in [-0.3, -0.25) is 0 Å². The molecule has 0 spiro atoms. The Morgan fingerprint density at radius 2 is 1.85 bits per heavy atom. The number of halogens is 2. The molecule has 0 aliphatic heterocycles. The monoisotopic (exact) mass is 277 g/mol. The van der Waals surface area contributed by atoms with E-state index in [1.165, 1.54) is 18.2 Å². The summed E-state index contributed by atoms with van der Waals surface area (Å²) in [6.45, 7) is 1.74. The number of benzene rings is 2. The Bertz CT molecular complexity index is 644. The number of hydrogen-bond donors (Lipinski definition) is 2. The standard InChI is InChI=1S/C15H13F2NO2/c1-9(11-4-2-3-5-13(11)16)18-10-6-7-14(17)12(8-10)15(19)20/h2-9,18H,1H3,(H,19,20). The number of hydrogen-bond acceptors (Lipinski definition) is 2. The van der Waals surface area contributed by atoms with Crippen molar-refractivity contribution >= 4 is 11.7 Å². The molecule has 5 heteroatoms. The Labute approximate surface area is 114 Å². The van der Waals surface area contributed by atoms with Gasteiger partial charge in [0.25, 0.3) is 0 Å². The smallest absolute Gasteiger partial charge is 0.338 e. The summed E-state index contributed by atoms with van der Waals surface area (Å²) in [6.07, 6.45) is 0. The first-order valence-electron chi connectivity index (χ1n) is 6.03. The lowest BCUT2D eigenvalue weighted by Gasteiger charge is -2.16. The minimum Gasteiger partial charge on any atom is -0.478 e. The molecule has 0 aromatic heterocycles. The van der Waals surface area contributed by atoms with E-state index in [1.54, 1.807) is 25.1 Å². The van der Waals surface area contributed by atoms with E-state index >= 15 is 0 Å². The minimum absolute atomic E-state index is 0.354. The average molecular weight is 277 g/mol. The molecule has 0 radical (unpaired) electrons. The zero-order chi connectivity index (χ0) is 14.7. The van der Waals surface area contributed by atoms with E-state index in [9.17, 15) is 13.6 Å². The van der Waals surface area contributed by atoms with Crippen molar-refractivity contribution in [2.45, 2.75) is 13.0 Å². The molecular weight excluding hydrogens is 264 g/mol. The van der Waals surface area contributed by atoms with Crippen molar-refractivity contribution in [3.63, 3.8) is 0 Å². The summed E-state index contributed by atoms with van der Waals surface area (Å²) in [6, 6.07) is 9.59. The Balaban J connectivity index is 2.24. The molecule has 0 aliphatic carbocycles. The predicted octanol–water partition coefficient (Wildman–Crippen LogP) is 3.84. The zero-order valence-electron chi connectivity index (χ0n) is 10.7. The third-order valence-corrected chi connectivity index (χ3v) is 2.95. The predicted molar refractivity (Wildman–Crippen MR) is 71.8 cm³/mol. The second-order valence-electron chi connectivity index (χ2n) is 4.39. The Morgan fingerprint density at radius 3 is 2.50 bits per heavy atom. The molecule has 1 atom stereocenters. The second kappa shape index (κ2) is 5.69. The third-order valence-electron chi connectivity index (χ3n) is 2.95. The first-order chi connectivity index (χ1) is 9.49. The van der Waals surface area contributed by atoms with Gasteiger partial charge >= 0.3 is 5.97 Å². The molecule has 0 aliphatic rings. The van der Waals surface area contributed by atoms with E-state index in [0.717, 1.165) is 6.07 Å². The van der Waals surface area contributed by atoms with Crippen molar-refractivity contribution in [3.05, 3.63) is 65.2 Å². The van der Waals surface area contributed by atoms with Gasteiger partial charge in [0.1, 0.15) is 11.6 Å². The normalized spacial score (nSPS) is 11.9. The molecule has 2 N–H and O–H groups in total. The fourth-order valence-electron chi connectivity index (χ4n) is 1.93. The number of rotatable bonds is 4. The van der Waals surface area contributed by atoms with Crippen molar-refractivity contribution in [2.24, 2.45) is 0 Å². The maximum atomic E-state index is 13.6. The Hall–Kier alpha value is -2.43. The average Bonchev–Trinajstić information content (AvgIpc) is 2.41. The molecule has 2 aromatic carbocycles. The third kappa shape index (κ3) is 2.93. The molecular formula is C15H13F2NO2. The molecule has 0 amide bonds. The summed E-state index contributed by atoms with van der Waals surface area (Å²) < 4.78 is 26.9. The van der Waals surface area contributed by atoms with Gasteiger partial charge in [0, 0.05) is 11.3 Å². The van der Waals surface area contributed by atoms with Crippen LogP contribution in [0.2, 0.25) is 0 Å². The Morgan fingerprint density at radius 1 is 1.15 bits per heavy atom. The molecule has 104 valence electrons. The van der Waals surface area contributed by atoms with Gasteiger partial charge in [0.2, 0.25) is 0 Å². The van der Waals surface area contributed by atoms with Gasteiger partial charge < -0.3 is 10.4 Å². The highest BCUT2D eigenvalue weighted by molar-refractivity contribution is 5.89. The van der Waals surface area contributed by atoms with Crippen LogP contribution in [0.25, 0.3) is 0 Å². The van der Waals surface area contributed by atoms with Crippen LogP contribution in [-0.2, 0) is 0 Å². The second-order valence-corrected chi connectivity index (χ2v) is 4.39. The SMILES string of the molecule is CC(Nc1ccc(F)c(C(=O)O)c1)c1ccccc1F. The van der Waals surface area contributed by atoms with Crippen LogP contribution < -0.4 is 5.32 Å². The van der Waals surface area contributed by atoms with Gasteiger partial charge in [-0.2, -0.15) is 0 Å². The lowest BCUT2D eigenvalue weighted by molar-refractivity contribution is 0.0692. The van der Waals surface area contributed by atoms with Crippen molar-refractivity contribution in [3.8, 4) is 0 Å². The quantitative estimate of drug-likeness (QED) is 0.892. The van der Waals surface area contributed by atoms with Gasteiger partial charge in [-0.05, 0) is 31.2 Å². The van der Waals surface area contributed by atoms with Gasteiger partial charge in [0.15, 0.2) is 0 Å². The number of carboxylic acids is 1. The van der Waals surface area contributed by atoms with Gasteiger partial charge in [-0.25, -0.2) is 13.6 Å². The van der Waals surface area contributed by atoms with E-state index in [-0.39, 0.29) is 11.9 Å². The number of nitrogens with one attached hydrogen (secondary N) is 1. The summed E-state index contributed by atoms with van der Waals surface area (Å²) in [4.78, 5) is 10.9. The first kappa shape index (κ1) is 14.0. The summed E-state index contributed by atoms with van der Waals surface area (Å²) in [5, 5.41) is 11.8. The van der Waals surface area contributed by atoms with Crippen molar-refractivity contribution in [2.75, 3.05) is 5.32 Å². The fraction of sp³-hybridized carbons (Fsp3) is 0.133. The van der Waals surface area contributed by atoms with E-state index in [4.69, 9.17) is 5.11 Å². The highest BCUT2D eigenvalue weighted by Crippen LogP contribution is 2.23. The lowest BCUT2D eigenvalue weighted by Crippen LogP contribution is -2.10. The van der Waals surface area contributed by atoms with Gasteiger partial charge in [0.05, 0.1) is 11.6 Å². The van der Waals surface area contributed by atoms with Crippen LogP contribution in [-0.4, -0.2) is 11.1 Å².